The molecule has 0 amide bonds. The van der Waals surface area contributed by atoms with E-state index in [0.717, 1.165) is 18.4 Å². The minimum Gasteiger partial charge on any atom is -0.426 e. The van der Waals surface area contributed by atoms with Crippen molar-refractivity contribution in [2.45, 2.75) is 12.8 Å². The van der Waals surface area contributed by atoms with E-state index in [4.69, 9.17) is 16.1 Å². The van der Waals surface area contributed by atoms with Gasteiger partial charge in [0.2, 0.25) is 0 Å². The molecule has 5 heteroatoms. The van der Waals surface area contributed by atoms with Crippen molar-refractivity contribution in [2.24, 2.45) is 5.92 Å². The molecule has 1 heterocycles. The molecule has 1 N–H and O–H groups in total. The minimum absolute atomic E-state index is 0.296. The maximum atomic E-state index is 12.0. The summed E-state index contributed by atoms with van der Waals surface area (Å²) < 4.78 is 17.2. The van der Waals surface area contributed by atoms with E-state index in [1.165, 1.54) is 6.07 Å². The first-order chi connectivity index (χ1) is 7.56. The Morgan fingerprint density at radius 1 is 1.44 bits per heavy atom. The third kappa shape index (κ3) is 1.69. The van der Waals surface area contributed by atoms with E-state index in [1.54, 1.807) is 12.1 Å². The summed E-state index contributed by atoms with van der Waals surface area (Å²) in [6.45, 7) is 0. The molecule has 1 aromatic carbocycles. The van der Waals surface area contributed by atoms with Gasteiger partial charge >= 0.3 is 7.60 Å². The number of hydrogen-bond acceptors (Lipinski definition) is 2. The smallest absolute Gasteiger partial charge is 0.408 e. The van der Waals surface area contributed by atoms with Crippen LogP contribution < -0.4 is 5.30 Å². The molecule has 1 aliphatic heterocycles. The molecule has 1 aliphatic carbocycles. The SMILES string of the molecule is O=P1(O)OC(C2CC2)=Cc2ccc(Cl)cc21. The number of fused-ring (bicyclic) bond motifs is 1. The Labute approximate surface area is 98.2 Å². The molecule has 16 heavy (non-hydrogen) atoms. The van der Waals surface area contributed by atoms with Crippen LogP contribution in [-0.4, -0.2) is 4.89 Å². The standard InChI is InChI=1S/C11H10ClO3P/c12-9-4-3-8-5-10(7-1-2-7)15-16(13,14)11(8)6-9/h3-7H,1-2H2,(H,13,14). The van der Waals surface area contributed by atoms with Gasteiger partial charge in [0.05, 0.1) is 5.30 Å². The molecule has 1 unspecified atom stereocenters. The molecule has 1 atom stereocenters. The first-order valence-corrected chi connectivity index (χ1v) is 7.06. The van der Waals surface area contributed by atoms with E-state index in [9.17, 15) is 9.46 Å². The third-order valence-corrected chi connectivity index (χ3v) is 4.49. The minimum atomic E-state index is -3.73. The fourth-order valence-corrected chi connectivity index (χ4v) is 3.42. The molecular formula is C11H10ClO3P. The van der Waals surface area contributed by atoms with E-state index in [1.807, 2.05) is 6.08 Å². The first-order valence-electron chi connectivity index (χ1n) is 5.10. The van der Waals surface area contributed by atoms with E-state index < -0.39 is 7.60 Å². The predicted molar refractivity (Wildman–Crippen MR) is 62.7 cm³/mol. The molecule has 1 fully saturated rings. The zero-order valence-electron chi connectivity index (χ0n) is 8.39. The van der Waals surface area contributed by atoms with Gasteiger partial charge in [-0.15, -0.1) is 0 Å². The second-order valence-electron chi connectivity index (χ2n) is 4.14. The zero-order valence-corrected chi connectivity index (χ0v) is 10.0. The van der Waals surface area contributed by atoms with Gasteiger partial charge in [0.15, 0.2) is 0 Å². The average molecular weight is 257 g/mol. The van der Waals surface area contributed by atoms with Crippen molar-refractivity contribution in [1.82, 2.24) is 0 Å². The molecule has 2 aliphatic rings. The van der Waals surface area contributed by atoms with Crippen LogP contribution in [0.2, 0.25) is 5.02 Å². The van der Waals surface area contributed by atoms with Crippen LogP contribution in [0.4, 0.5) is 0 Å². The summed E-state index contributed by atoms with van der Waals surface area (Å²) in [5.41, 5.74) is 0.739. The van der Waals surface area contributed by atoms with Gasteiger partial charge in [0.25, 0.3) is 0 Å². The molecule has 0 radical (unpaired) electrons. The highest BCUT2D eigenvalue weighted by atomic mass is 35.5. The molecular weight excluding hydrogens is 247 g/mol. The molecule has 1 saturated carbocycles. The number of hydrogen-bond donors (Lipinski definition) is 1. The largest absolute Gasteiger partial charge is 0.426 e. The Kier molecular flexibility index (Phi) is 2.19. The van der Waals surface area contributed by atoms with Crippen molar-refractivity contribution in [2.75, 3.05) is 0 Å². The lowest BCUT2D eigenvalue weighted by atomic mass is 10.1. The van der Waals surface area contributed by atoms with E-state index in [0.29, 0.717) is 22.0 Å². The monoisotopic (exact) mass is 256 g/mol. The third-order valence-electron chi connectivity index (χ3n) is 2.80. The Bertz CT molecular complexity index is 534. The summed E-state index contributed by atoms with van der Waals surface area (Å²) in [6.07, 6.45) is 3.92. The number of rotatable bonds is 1. The molecule has 0 spiro atoms. The highest BCUT2D eigenvalue weighted by Gasteiger charge is 2.38. The van der Waals surface area contributed by atoms with Crippen LogP contribution in [0.5, 0.6) is 0 Å². The van der Waals surface area contributed by atoms with E-state index in [-0.39, 0.29) is 0 Å². The van der Waals surface area contributed by atoms with Crippen LogP contribution in [0.25, 0.3) is 6.08 Å². The molecule has 0 saturated heterocycles. The van der Waals surface area contributed by atoms with Crippen molar-refractivity contribution < 1.29 is 14.0 Å². The van der Waals surface area contributed by atoms with E-state index >= 15 is 0 Å². The van der Waals surface area contributed by atoms with Gasteiger partial charge in [-0.1, -0.05) is 17.7 Å². The van der Waals surface area contributed by atoms with Gasteiger partial charge in [0.1, 0.15) is 5.76 Å². The number of allylic oxidation sites excluding steroid dienone is 1. The topological polar surface area (TPSA) is 46.5 Å². The van der Waals surface area contributed by atoms with Crippen LogP contribution in [0.3, 0.4) is 0 Å². The van der Waals surface area contributed by atoms with Gasteiger partial charge < -0.3 is 9.42 Å². The van der Waals surface area contributed by atoms with Gasteiger partial charge in [0, 0.05) is 10.9 Å². The van der Waals surface area contributed by atoms with Crippen molar-refractivity contribution in [3.63, 3.8) is 0 Å². The highest BCUT2D eigenvalue weighted by Crippen LogP contribution is 2.53. The second kappa shape index (κ2) is 3.36. The van der Waals surface area contributed by atoms with Crippen LogP contribution in [0.1, 0.15) is 18.4 Å². The Hall–Kier alpha value is -0.760. The number of halogens is 1. The van der Waals surface area contributed by atoms with E-state index in [2.05, 4.69) is 0 Å². The van der Waals surface area contributed by atoms with Crippen LogP contribution in [0.15, 0.2) is 24.0 Å². The molecule has 3 rings (SSSR count). The van der Waals surface area contributed by atoms with Crippen molar-refractivity contribution >= 4 is 30.6 Å². The maximum Gasteiger partial charge on any atom is 0.408 e. The van der Waals surface area contributed by atoms with Crippen molar-refractivity contribution in [3.05, 3.63) is 34.5 Å². The summed E-state index contributed by atoms with van der Waals surface area (Å²) in [4.78, 5) is 9.83. The summed E-state index contributed by atoms with van der Waals surface area (Å²) in [5, 5.41) is 0.740. The summed E-state index contributed by atoms with van der Waals surface area (Å²) in [6, 6.07) is 4.97. The quantitative estimate of drug-likeness (QED) is 0.786. The molecule has 0 bridgehead atoms. The summed E-state index contributed by atoms with van der Waals surface area (Å²) in [5.74, 6) is 0.963. The normalized spacial score (nSPS) is 28.0. The average Bonchev–Trinajstić information content (AvgIpc) is 3.01. The fraction of sp³-hybridized carbons (Fsp3) is 0.273. The van der Waals surface area contributed by atoms with Crippen molar-refractivity contribution in [3.8, 4) is 0 Å². The molecule has 0 aromatic heterocycles. The van der Waals surface area contributed by atoms with Crippen LogP contribution in [0, 0.1) is 5.92 Å². The van der Waals surface area contributed by atoms with Gasteiger partial charge in [-0.25, -0.2) is 4.57 Å². The Balaban J connectivity index is 2.16. The van der Waals surface area contributed by atoms with Gasteiger partial charge in [-0.3, -0.25) is 0 Å². The summed E-state index contributed by atoms with van der Waals surface area (Å²) >= 11 is 5.81. The summed E-state index contributed by atoms with van der Waals surface area (Å²) in [7, 11) is -3.73. The first kappa shape index (κ1) is 10.4. The number of benzene rings is 1. The fourth-order valence-electron chi connectivity index (χ4n) is 1.82. The van der Waals surface area contributed by atoms with Gasteiger partial charge in [-0.2, -0.15) is 0 Å². The second-order valence-corrected chi connectivity index (χ2v) is 6.28. The Morgan fingerprint density at radius 2 is 2.19 bits per heavy atom. The van der Waals surface area contributed by atoms with Crippen LogP contribution in [-0.2, 0) is 9.09 Å². The lowest BCUT2D eigenvalue weighted by Gasteiger charge is -2.22. The zero-order chi connectivity index (χ0) is 11.3. The van der Waals surface area contributed by atoms with Gasteiger partial charge in [-0.05, 0) is 36.6 Å². The molecule has 3 nitrogen and oxygen atoms in total. The highest BCUT2D eigenvalue weighted by molar-refractivity contribution is 7.61. The lowest BCUT2D eigenvalue weighted by Crippen LogP contribution is -2.15. The van der Waals surface area contributed by atoms with Crippen LogP contribution >= 0.6 is 19.2 Å². The molecule has 84 valence electrons. The molecule has 1 aromatic rings. The Morgan fingerprint density at radius 3 is 2.88 bits per heavy atom. The predicted octanol–water partition coefficient (Wildman–Crippen LogP) is 2.93. The maximum absolute atomic E-state index is 12.0. The van der Waals surface area contributed by atoms with Crippen molar-refractivity contribution in [1.29, 1.82) is 0 Å². The lowest BCUT2D eigenvalue weighted by molar-refractivity contribution is 0.322.